The molecule has 142 valence electrons. The fraction of sp³-hybridized carbons (Fsp3) is 0.286. The van der Waals surface area contributed by atoms with Crippen molar-refractivity contribution in [2.24, 2.45) is 0 Å². The van der Waals surface area contributed by atoms with Crippen LogP contribution in [0.5, 0.6) is 23.0 Å². The van der Waals surface area contributed by atoms with Gasteiger partial charge in [-0.3, -0.25) is 4.79 Å². The number of hydrogen-bond acceptors (Lipinski definition) is 6. The second kappa shape index (κ2) is 7.61. The van der Waals surface area contributed by atoms with Gasteiger partial charge >= 0.3 is 0 Å². The summed E-state index contributed by atoms with van der Waals surface area (Å²) < 4.78 is 5.70. The minimum absolute atomic E-state index is 0.0878. The van der Waals surface area contributed by atoms with Crippen molar-refractivity contribution < 1.29 is 24.8 Å². The lowest BCUT2D eigenvalue weighted by molar-refractivity contribution is 0.395. The number of fused-ring (bicyclic) bond motifs is 1. The Kier molecular flexibility index (Phi) is 5.26. The second-order valence-electron chi connectivity index (χ2n) is 6.61. The topological polar surface area (TPSA) is 111 Å². The van der Waals surface area contributed by atoms with Gasteiger partial charge in [0.05, 0.1) is 10.9 Å². The lowest BCUT2D eigenvalue weighted by Gasteiger charge is -2.10. The van der Waals surface area contributed by atoms with Crippen molar-refractivity contribution in [1.29, 1.82) is 0 Å². The van der Waals surface area contributed by atoms with Gasteiger partial charge in [0.25, 0.3) is 0 Å². The standard InChI is InChI=1S/C21H22O6/c1-2-3-4-5-6-12-7-8-13-18(9-12)27-21(20(26)19(13)25)14-10-16(23)17(24)11-15(14)22/h7-11,22-24,26H,2-6H2,1H3. The number of aromatic hydroxyl groups is 4. The monoisotopic (exact) mass is 370 g/mol. The SMILES string of the molecule is CCCCCCc1ccc2c(=O)c(O)c(-c3cc(O)c(O)cc3O)oc2c1. The summed E-state index contributed by atoms with van der Waals surface area (Å²) in [4.78, 5) is 12.5. The lowest BCUT2D eigenvalue weighted by Crippen LogP contribution is -2.03. The smallest absolute Gasteiger partial charge is 0.235 e. The number of benzene rings is 2. The minimum atomic E-state index is -0.668. The fourth-order valence-corrected chi connectivity index (χ4v) is 3.07. The molecule has 1 heterocycles. The zero-order valence-corrected chi connectivity index (χ0v) is 15.0. The Bertz CT molecular complexity index is 1040. The molecule has 0 bridgehead atoms. The molecule has 3 rings (SSSR count). The summed E-state index contributed by atoms with van der Waals surface area (Å²) in [6, 6.07) is 7.16. The molecule has 0 aliphatic rings. The Hall–Kier alpha value is -3.15. The highest BCUT2D eigenvalue weighted by molar-refractivity contribution is 5.84. The molecule has 1 aromatic heterocycles. The summed E-state index contributed by atoms with van der Waals surface area (Å²) >= 11 is 0. The van der Waals surface area contributed by atoms with Gasteiger partial charge in [-0.25, -0.2) is 0 Å². The molecule has 0 aliphatic carbocycles. The van der Waals surface area contributed by atoms with E-state index in [1.165, 1.54) is 6.42 Å². The molecule has 0 spiro atoms. The molecule has 6 heteroatoms. The van der Waals surface area contributed by atoms with Crippen molar-refractivity contribution in [2.75, 3.05) is 0 Å². The molecule has 27 heavy (non-hydrogen) atoms. The zero-order chi connectivity index (χ0) is 19.6. The third-order valence-electron chi connectivity index (χ3n) is 4.59. The van der Waals surface area contributed by atoms with Gasteiger partial charge < -0.3 is 24.8 Å². The molecule has 0 fully saturated rings. The van der Waals surface area contributed by atoms with Crippen LogP contribution in [-0.4, -0.2) is 20.4 Å². The van der Waals surface area contributed by atoms with Crippen molar-refractivity contribution in [1.82, 2.24) is 0 Å². The average molecular weight is 370 g/mol. The predicted molar refractivity (Wildman–Crippen MR) is 102 cm³/mol. The third kappa shape index (κ3) is 3.69. The van der Waals surface area contributed by atoms with E-state index in [1.54, 1.807) is 12.1 Å². The van der Waals surface area contributed by atoms with Gasteiger partial charge in [0.2, 0.25) is 11.2 Å². The summed E-state index contributed by atoms with van der Waals surface area (Å²) in [5.41, 5.74) is 0.579. The van der Waals surface area contributed by atoms with Gasteiger partial charge in [0, 0.05) is 6.07 Å². The quantitative estimate of drug-likeness (QED) is 0.291. The normalized spacial score (nSPS) is 11.1. The highest BCUT2D eigenvalue weighted by Crippen LogP contribution is 2.41. The molecular weight excluding hydrogens is 348 g/mol. The van der Waals surface area contributed by atoms with Gasteiger partial charge in [-0.15, -0.1) is 0 Å². The van der Waals surface area contributed by atoms with Crippen molar-refractivity contribution in [3.05, 3.63) is 46.1 Å². The molecule has 0 atom stereocenters. The van der Waals surface area contributed by atoms with Crippen LogP contribution in [0, 0.1) is 0 Å². The zero-order valence-electron chi connectivity index (χ0n) is 15.0. The fourth-order valence-electron chi connectivity index (χ4n) is 3.07. The van der Waals surface area contributed by atoms with Gasteiger partial charge in [0.15, 0.2) is 17.3 Å². The van der Waals surface area contributed by atoms with Crippen LogP contribution >= 0.6 is 0 Å². The maximum absolute atomic E-state index is 12.5. The van der Waals surface area contributed by atoms with Crippen LogP contribution in [0.3, 0.4) is 0 Å². The van der Waals surface area contributed by atoms with E-state index in [1.807, 2.05) is 6.07 Å². The summed E-state index contributed by atoms with van der Waals surface area (Å²) in [7, 11) is 0. The Morgan fingerprint density at radius 1 is 0.889 bits per heavy atom. The summed E-state index contributed by atoms with van der Waals surface area (Å²) in [6.07, 6.45) is 5.32. The molecule has 2 aromatic carbocycles. The van der Waals surface area contributed by atoms with Crippen molar-refractivity contribution in [2.45, 2.75) is 39.0 Å². The van der Waals surface area contributed by atoms with Gasteiger partial charge in [-0.2, -0.15) is 0 Å². The number of phenols is 3. The predicted octanol–water partition coefficient (Wildman–Crippen LogP) is 4.41. The minimum Gasteiger partial charge on any atom is -0.507 e. The molecule has 6 nitrogen and oxygen atoms in total. The molecule has 0 aliphatic heterocycles. The number of phenolic OH excluding ortho intramolecular Hbond substituents is 3. The Balaban J connectivity index is 2.07. The van der Waals surface area contributed by atoms with Crippen LogP contribution in [0.4, 0.5) is 0 Å². The third-order valence-corrected chi connectivity index (χ3v) is 4.59. The molecule has 0 radical (unpaired) electrons. The van der Waals surface area contributed by atoms with Crippen LogP contribution in [-0.2, 0) is 6.42 Å². The van der Waals surface area contributed by atoms with Crippen molar-refractivity contribution >= 4 is 11.0 Å². The summed E-state index contributed by atoms with van der Waals surface area (Å²) in [5.74, 6) is -2.39. The van der Waals surface area contributed by atoms with Crippen LogP contribution in [0.25, 0.3) is 22.3 Å². The van der Waals surface area contributed by atoms with Gasteiger partial charge in [0.1, 0.15) is 11.3 Å². The van der Waals surface area contributed by atoms with E-state index in [9.17, 15) is 25.2 Å². The second-order valence-corrected chi connectivity index (χ2v) is 6.61. The number of rotatable bonds is 6. The lowest BCUT2D eigenvalue weighted by atomic mass is 10.0. The molecular formula is C21H22O6. The van der Waals surface area contributed by atoms with E-state index >= 15 is 0 Å². The Morgan fingerprint density at radius 3 is 2.37 bits per heavy atom. The van der Waals surface area contributed by atoms with Gasteiger partial charge in [-0.1, -0.05) is 32.3 Å². The van der Waals surface area contributed by atoms with Crippen LogP contribution < -0.4 is 5.43 Å². The van der Waals surface area contributed by atoms with E-state index in [-0.39, 0.29) is 22.3 Å². The van der Waals surface area contributed by atoms with E-state index in [0.717, 1.165) is 43.4 Å². The maximum atomic E-state index is 12.5. The molecule has 0 saturated heterocycles. The molecule has 0 amide bonds. The van der Waals surface area contributed by atoms with E-state index in [2.05, 4.69) is 6.92 Å². The molecule has 3 aromatic rings. The van der Waals surface area contributed by atoms with Crippen LogP contribution in [0.1, 0.15) is 38.2 Å². The van der Waals surface area contributed by atoms with Crippen LogP contribution in [0.15, 0.2) is 39.5 Å². The largest absolute Gasteiger partial charge is 0.507 e. The first-order valence-corrected chi connectivity index (χ1v) is 8.96. The Morgan fingerprint density at radius 2 is 1.63 bits per heavy atom. The van der Waals surface area contributed by atoms with E-state index < -0.39 is 28.4 Å². The highest BCUT2D eigenvalue weighted by atomic mass is 16.4. The first-order valence-electron chi connectivity index (χ1n) is 8.96. The van der Waals surface area contributed by atoms with E-state index in [4.69, 9.17) is 4.42 Å². The van der Waals surface area contributed by atoms with Gasteiger partial charge in [-0.05, 0) is 36.6 Å². The number of hydrogen-bond donors (Lipinski definition) is 4. The summed E-state index contributed by atoms with van der Waals surface area (Å²) in [5, 5.41) is 39.6. The molecule has 4 N–H and O–H groups in total. The number of unbranched alkanes of at least 4 members (excludes halogenated alkanes) is 3. The Labute approximate surface area is 156 Å². The van der Waals surface area contributed by atoms with Crippen LogP contribution in [0.2, 0.25) is 0 Å². The average Bonchev–Trinajstić information content (AvgIpc) is 2.65. The summed E-state index contributed by atoms with van der Waals surface area (Å²) in [6.45, 7) is 2.15. The highest BCUT2D eigenvalue weighted by Gasteiger charge is 2.20. The van der Waals surface area contributed by atoms with E-state index in [0.29, 0.717) is 0 Å². The first-order chi connectivity index (χ1) is 12.9. The maximum Gasteiger partial charge on any atom is 0.235 e. The number of aryl methyl sites for hydroxylation is 1. The van der Waals surface area contributed by atoms with Crippen molar-refractivity contribution in [3.8, 4) is 34.3 Å². The first kappa shape index (κ1) is 18.6. The molecule has 0 saturated carbocycles. The van der Waals surface area contributed by atoms with Crippen molar-refractivity contribution in [3.63, 3.8) is 0 Å². The molecule has 0 unspecified atom stereocenters.